The Hall–Kier alpha value is -0.670. The zero-order valence-corrected chi connectivity index (χ0v) is 13.6. The number of halogens is 1. The summed E-state index contributed by atoms with van der Waals surface area (Å²) in [6.45, 7) is 0. The lowest BCUT2D eigenvalue weighted by Gasteiger charge is -2.31. The Bertz CT molecular complexity index is 612. The van der Waals surface area contributed by atoms with E-state index < -0.39 is 29.9 Å². The Balaban J connectivity index is 0.00000361. The number of nitrogens with two attached hydrogens (primary N) is 2. The number of rotatable bonds is 5. The highest BCUT2D eigenvalue weighted by Gasteiger charge is 2.51. The summed E-state index contributed by atoms with van der Waals surface area (Å²) in [5.41, 5.74) is 12.1. The third-order valence-corrected chi connectivity index (χ3v) is 7.71. The fraction of sp³-hybridized carbons (Fsp3) is 0.455. The zero-order valence-electron chi connectivity index (χ0n) is 11.2. The van der Waals surface area contributed by atoms with Crippen LogP contribution in [0.4, 0.5) is 0 Å². The lowest BCUT2D eigenvalue weighted by atomic mass is 10.1. The molecule has 6 nitrogen and oxygen atoms in total. The minimum absolute atomic E-state index is 0. The van der Waals surface area contributed by atoms with Crippen LogP contribution < -0.4 is 11.5 Å². The topological polar surface area (TPSA) is 120 Å². The fourth-order valence-electron chi connectivity index (χ4n) is 1.84. The molecule has 1 aromatic carbocycles. The van der Waals surface area contributed by atoms with Gasteiger partial charge in [-0.05, 0) is 12.0 Å². The molecule has 0 amide bonds. The van der Waals surface area contributed by atoms with Gasteiger partial charge in [-0.3, -0.25) is 5.73 Å². The highest BCUT2D eigenvalue weighted by molar-refractivity contribution is 8.09. The van der Waals surface area contributed by atoms with E-state index in [0.29, 0.717) is 0 Å². The maximum Gasteiger partial charge on any atom is 0.235 e. The molecule has 0 spiro atoms. The molecule has 1 rings (SSSR count). The summed E-state index contributed by atoms with van der Waals surface area (Å²) in [6, 6.07) is 7.50. The maximum atomic E-state index is 11.7. The van der Waals surface area contributed by atoms with Crippen LogP contribution in [0, 0.1) is 0 Å². The predicted molar refractivity (Wildman–Crippen MR) is 82.0 cm³/mol. The predicted octanol–water partition coefficient (Wildman–Crippen LogP) is -0.320. The number of hydrogen-bond acceptors (Lipinski definition) is 6. The van der Waals surface area contributed by atoms with Gasteiger partial charge in [0.05, 0.1) is 6.04 Å². The molecule has 1 aromatic rings. The zero-order chi connectivity index (χ0) is 14.9. The lowest BCUT2D eigenvalue weighted by Crippen LogP contribution is -2.65. The molecule has 1 atom stereocenters. The van der Waals surface area contributed by atoms with Crippen molar-refractivity contribution in [2.24, 2.45) is 11.5 Å². The molecule has 0 saturated carbocycles. The molecule has 0 aliphatic rings. The molecule has 0 saturated heterocycles. The van der Waals surface area contributed by atoms with Crippen molar-refractivity contribution in [3.05, 3.63) is 35.9 Å². The van der Waals surface area contributed by atoms with Gasteiger partial charge in [-0.1, -0.05) is 30.3 Å². The molecule has 0 aliphatic carbocycles. The van der Waals surface area contributed by atoms with Gasteiger partial charge < -0.3 is 5.73 Å². The van der Waals surface area contributed by atoms with E-state index in [0.717, 1.165) is 18.1 Å². The second kappa shape index (κ2) is 6.40. The molecular weight excluding hydrogens is 324 g/mol. The van der Waals surface area contributed by atoms with Crippen molar-refractivity contribution < 1.29 is 16.8 Å². The Morgan fingerprint density at radius 3 is 1.80 bits per heavy atom. The first-order chi connectivity index (χ1) is 8.50. The number of hydrogen-bond donors (Lipinski definition) is 2. The summed E-state index contributed by atoms with van der Waals surface area (Å²) in [6.07, 6.45) is 1.61. The largest absolute Gasteiger partial charge is 0.324 e. The molecule has 0 fully saturated rings. The van der Waals surface area contributed by atoms with Gasteiger partial charge in [0.15, 0.2) is 19.7 Å². The minimum atomic E-state index is -4.08. The second-order valence-corrected chi connectivity index (χ2v) is 9.26. The van der Waals surface area contributed by atoms with Crippen LogP contribution in [-0.4, -0.2) is 39.6 Å². The molecule has 116 valence electrons. The molecule has 0 bridgehead atoms. The van der Waals surface area contributed by atoms with Crippen molar-refractivity contribution in [2.45, 2.75) is 16.7 Å². The molecule has 4 N–H and O–H groups in total. The van der Waals surface area contributed by atoms with Crippen LogP contribution in [0.5, 0.6) is 0 Å². The minimum Gasteiger partial charge on any atom is -0.324 e. The van der Waals surface area contributed by atoms with Gasteiger partial charge in [-0.15, -0.1) is 12.4 Å². The van der Waals surface area contributed by atoms with Crippen molar-refractivity contribution in [3.8, 4) is 0 Å². The normalized spacial score (nSPS) is 14.4. The average Bonchev–Trinajstić information content (AvgIpc) is 2.26. The van der Waals surface area contributed by atoms with E-state index in [2.05, 4.69) is 0 Å². The van der Waals surface area contributed by atoms with Crippen molar-refractivity contribution >= 4 is 32.1 Å². The van der Waals surface area contributed by atoms with E-state index in [4.69, 9.17) is 11.5 Å². The monoisotopic (exact) mass is 342 g/mol. The summed E-state index contributed by atoms with van der Waals surface area (Å²) >= 11 is 0. The summed E-state index contributed by atoms with van der Waals surface area (Å²) in [4.78, 5) is 0. The molecule has 20 heavy (non-hydrogen) atoms. The molecule has 9 heteroatoms. The van der Waals surface area contributed by atoms with Crippen LogP contribution in [0.3, 0.4) is 0 Å². The number of benzene rings is 1. The van der Waals surface area contributed by atoms with E-state index in [-0.39, 0.29) is 18.8 Å². The van der Waals surface area contributed by atoms with Gasteiger partial charge in [0.2, 0.25) is 4.20 Å². The first-order valence-corrected chi connectivity index (χ1v) is 9.26. The molecule has 1 unspecified atom stereocenters. The van der Waals surface area contributed by atoms with Gasteiger partial charge in [0.1, 0.15) is 0 Å². The third kappa shape index (κ3) is 3.70. The van der Waals surface area contributed by atoms with Crippen LogP contribution in [0.2, 0.25) is 0 Å². The Kier molecular flexibility index (Phi) is 6.18. The van der Waals surface area contributed by atoms with Crippen LogP contribution in [0.25, 0.3) is 0 Å². The van der Waals surface area contributed by atoms with E-state index in [1.54, 1.807) is 30.3 Å². The van der Waals surface area contributed by atoms with E-state index in [1.165, 1.54) is 0 Å². The van der Waals surface area contributed by atoms with Gasteiger partial charge >= 0.3 is 0 Å². The fourth-order valence-corrected chi connectivity index (χ4v) is 5.30. The summed E-state index contributed by atoms with van der Waals surface area (Å²) in [5.74, 6) is 0. The average molecular weight is 343 g/mol. The first-order valence-electron chi connectivity index (χ1n) is 5.47. The second-order valence-electron chi connectivity index (χ2n) is 4.56. The van der Waals surface area contributed by atoms with Crippen LogP contribution in [0.15, 0.2) is 30.3 Å². The van der Waals surface area contributed by atoms with Crippen molar-refractivity contribution in [2.75, 3.05) is 12.5 Å². The van der Waals surface area contributed by atoms with Crippen LogP contribution in [-0.2, 0) is 26.1 Å². The van der Waals surface area contributed by atoms with Gasteiger partial charge in [-0.2, -0.15) is 0 Å². The molecule has 0 radical (unpaired) electrons. The Morgan fingerprint density at radius 2 is 1.45 bits per heavy atom. The quantitative estimate of drug-likeness (QED) is 0.756. The van der Waals surface area contributed by atoms with Gasteiger partial charge in [0.25, 0.3) is 0 Å². The highest BCUT2D eigenvalue weighted by Crippen LogP contribution is 2.23. The van der Waals surface area contributed by atoms with E-state index >= 15 is 0 Å². The highest BCUT2D eigenvalue weighted by atomic mass is 35.5. The standard InChI is InChI=1S/C11H18N2O4S2.ClH/c1-18(14,15)11(13,19(2,16)17)10(12)8-9-6-4-3-5-7-9;/h3-7,10H,8,12-13H2,1-2H3;1H. The number of sulfone groups is 2. The van der Waals surface area contributed by atoms with Gasteiger partial charge in [0, 0.05) is 12.5 Å². The molecule has 0 aliphatic heterocycles. The first kappa shape index (κ1) is 19.3. The van der Waals surface area contributed by atoms with Crippen molar-refractivity contribution in [3.63, 3.8) is 0 Å². The van der Waals surface area contributed by atoms with E-state index in [9.17, 15) is 16.8 Å². The summed E-state index contributed by atoms with van der Waals surface area (Å²) < 4.78 is 44.5. The maximum absolute atomic E-state index is 11.7. The van der Waals surface area contributed by atoms with Gasteiger partial charge in [-0.25, -0.2) is 16.8 Å². The van der Waals surface area contributed by atoms with Crippen molar-refractivity contribution in [1.82, 2.24) is 0 Å². The van der Waals surface area contributed by atoms with Crippen LogP contribution in [0.1, 0.15) is 5.56 Å². The van der Waals surface area contributed by atoms with E-state index in [1.807, 2.05) is 0 Å². The smallest absolute Gasteiger partial charge is 0.235 e. The Morgan fingerprint density at radius 1 is 1.05 bits per heavy atom. The SMILES string of the molecule is CS(=O)(=O)C(N)(C(N)Cc1ccccc1)S(C)(=O)=O.Cl. The molecule has 0 aromatic heterocycles. The Labute approximate surface area is 125 Å². The summed E-state index contributed by atoms with van der Waals surface area (Å²) in [5, 5.41) is 0. The molecular formula is C11H19ClN2O4S2. The third-order valence-electron chi connectivity index (χ3n) is 2.97. The molecule has 0 heterocycles. The lowest BCUT2D eigenvalue weighted by molar-refractivity contribution is 0.500. The van der Waals surface area contributed by atoms with Crippen LogP contribution >= 0.6 is 12.4 Å². The summed E-state index contributed by atoms with van der Waals surface area (Å²) in [7, 11) is -8.15. The van der Waals surface area contributed by atoms with Crippen molar-refractivity contribution in [1.29, 1.82) is 0 Å².